The van der Waals surface area contributed by atoms with E-state index < -0.39 is 11.8 Å². The Balaban J connectivity index is 2.26. The molecule has 0 radical (unpaired) electrons. The third-order valence-electron chi connectivity index (χ3n) is 3.27. The number of allylic oxidation sites excluding steroid dienone is 2. The lowest BCUT2D eigenvalue weighted by atomic mass is 10.1. The highest BCUT2D eigenvalue weighted by atomic mass is 16.5. The van der Waals surface area contributed by atoms with Gasteiger partial charge < -0.3 is 19.5 Å². The van der Waals surface area contributed by atoms with E-state index in [9.17, 15) is 9.59 Å². The summed E-state index contributed by atoms with van der Waals surface area (Å²) < 4.78 is 10.5. The van der Waals surface area contributed by atoms with Gasteiger partial charge in [-0.1, -0.05) is 12.1 Å². The highest BCUT2D eigenvalue weighted by Crippen LogP contribution is 2.38. The number of para-hydroxylation sites is 2. The molecule has 1 aromatic rings. The minimum absolute atomic E-state index is 0.0958. The highest BCUT2D eigenvalue weighted by molar-refractivity contribution is 6.16. The van der Waals surface area contributed by atoms with E-state index >= 15 is 0 Å². The summed E-state index contributed by atoms with van der Waals surface area (Å²) in [5, 5.41) is 8.68. The number of esters is 1. The molecule has 122 valence electrons. The Bertz CT molecular complexity index is 663. The van der Waals surface area contributed by atoms with Gasteiger partial charge in [-0.25, -0.2) is 4.79 Å². The number of rotatable bonds is 6. The Morgan fingerprint density at radius 1 is 1.35 bits per heavy atom. The van der Waals surface area contributed by atoms with Crippen LogP contribution in [0.4, 0.5) is 5.69 Å². The number of carbonyl (C=O) groups excluding carboxylic acids is 2. The highest BCUT2D eigenvalue weighted by Gasteiger charge is 2.24. The molecular weight excluding hydrogens is 298 g/mol. The van der Waals surface area contributed by atoms with Gasteiger partial charge in [-0.2, -0.15) is 0 Å². The van der Waals surface area contributed by atoms with Crippen molar-refractivity contribution in [1.82, 2.24) is 0 Å². The molecule has 0 saturated carbocycles. The molecule has 1 aliphatic heterocycles. The molecular formula is C17H19NO5. The summed E-state index contributed by atoms with van der Waals surface area (Å²) in [6.45, 7) is 3.50. The SMILES string of the molecule is CCN1/C(=C/C=C(\C(C)=O)C(=O)OCCO)Oc2ccccc21. The fourth-order valence-electron chi connectivity index (χ4n) is 2.20. The number of fused-ring (bicyclic) bond motifs is 1. The largest absolute Gasteiger partial charge is 0.460 e. The van der Waals surface area contributed by atoms with Crippen molar-refractivity contribution in [2.24, 2.45) is 0 Å². The van der Waals surface area contributed by atoms with Crippen LogP contribution < -0.4 is 9.64 Å². The lowest BCUT2D eigenvalue weighted by molar-refractivity contribution is -0.141. The summed E-state index contributed by atoms with van der Waals surface area (Å²) in [6, 6.07) is 7.57. The number of hydrogen-bond donors (Lipinski definition) is 1. The topological polar surface area (TPSA) is 76.1 Å². The van der Waals surface area contributed by atoms with Crippen LogP contribution in [-0.4, -0.2) is 36.6 Å². The van der Waals surface area contributed by atoms with Crippen molar-refractivity contribution in [2.75, 3.05) is 24.7 Å². The van der Waals surface area contributed by atoms with Crippen LogP contribution in [0.25, 0.3) is 0 Å². The van der Waals surface area contributed by atoms with Crippen LogP contribution in [0.3, 0.4) is 0 Å². The predicted octanol–water partition coefficient (Wildman–Crippen LogP) is 1.80. The number of anilines is 1. The van der Waals surface area contributed by atoms with E-state index in [1.54, 1.807) is 6.08 Å². The van der Waals surface area contributed by atoms with Crippen LogP contribution in [0.2, 0.25) is 0 Å². The van der Waals surface area contributed by atoms with Gasteiger partial charge in [0.15, 0.2) is 11.5 Å². The summed E-state index contributed by atoms with van der Waals surface area (Å²) in [6.07, 6.45) is 2.95. The normalized spacial score (nSPS) is 15.3. The van der Waals surface area contributed by atoms with Crippen molar-refractivity contribution in [1.29, 1.82) is 0 Å². The van der Waals surface area contributed by atoms with Gasteiger partial charge >= 0.3 is 5.97 Å². The first-order valence-electron chi connectivity index (χ1n) is 7.33. The number of ether oxygens (including phenoxy) is 2. The van der Waals surface area contributed by atoms with E-state index in [1.807, 2.05) is 36.1 Å². The summed E-state index contributed by atoms with van der Waals surface area (Å²) in [4.78, 5) is 25.4. The van der Waals surface area contributed by atoms with Crippen molar-refractivity contribution in [3.05, 3.63) is 47.9 Å². The molecule has 1 aliphatic rings. The fourth-order valence-corrected chi connectivity index (χ4v) is 2.20. The quantitative estimate of drug-likeness (QED) is 0.373. The second kappa shape index (κ2) is 7.60. The molecule has 2 rings (SSSR count). The maximum Gasteiger partial charge on any atom is 0.341 e. The van der Waals surface area contributed by atoms with Crippen LogP contribution >= 0.6 is 0 Å². The minimum Gasteiger partial charge on any atom is -0.460 e. The van der Waals surface area contributed by atoms with Gasteiger partial charge in [-0.3, -0.25) is 4.79 Å². The Kier molecular flexibility index (Phi) is 5.54. The van der Waals surface area contributed by atoms with Crippen molar-refractivity contribution < 1.29 is 24.2 Å². The lowest BCUT2D eigenvalue weighted by Gasteiger charge is -2.15. The van der Waals surface area contributed by atoms with E-state index in [1.165, 1.54) is 13.0 Å². The number of aliphatic hydroxyl groups excluding tert-OH is 1. The second-order valence-corrected chi connectivity index (χ2v) is 4.82. The molecule has 0 unspecified atom stereocenters. The summed E-state index contributed by atoms with van der Waals surface area (Å²) in [5.41, 5.74) is 0.837. The number of nitrogens with zero attached hydrogens (tertiary/aromatic N) is 1. The standard InChI is InChI=1S/C17H19NO5/c1-3-18-14-6-4-5-7-15(14)23-16(18)9-8-13(12(2)20)17(21)22-11-10-19/h4-9,19H,3,10-11H2,1-2H3/b13-8+,16-9-. The predicted molar refractivity (Wildman–Crippen MR) is 85.0 cm³/mol. The van der Waals surface area contributed by atoms with Crippen molar-refractivity contribution in [2.45, 2.75) is 13.8 Å². The first kappa shape index (κ1) is 16.8. The fraction of sp³-hybridized carbons (Fsp3) is 0.294. The molecule has 0 amide bonds. The second-order valence-electron chi connectivity index (χ2n) is 4.82. The van der Waals surface area contributed by atoms with E-state index in [2.05, 4.69) is 0 Å². The summed E-state index contributed by atoms with van der Waals surface area (Å²) >= 11 is 0. The molecule has 0 fully saturated rings. The van der Waals surface area contributed by atoms with Gasteiger partial charge in [0.2, 0.25) is 5.88 Å². The number of ketones is 1. The molecule has 1 heterocycles. The number of hydrogen-bond acceptors (Lipinski definition) is 6. The molecule has 0 bridgehead atoms. The molecule has 0 spiro atoms. The van der Waals surface area contributed by atoms with Gasteiger partial charge in [0.05, 0.1) is 12.3 Å². The van der Waals surface area contributed by atoms with Gasteiger partial charge in [0.25, 0.3) is 0 Å². The van der Waals surface area contributed by atoms with Crippen LogP contribution in [0.5, 0.6) is 5.75 Å². The molecule has 0 atom stereocenters. The molecule has 1 aromatic carbocycles. The maximum absolute atomic E-state index is 11.8. The maximum atomic E-state index is 11.8. The van der Waals surface area contributed by atoms with Crippen molar-refractivity contribution >= 4 is 17.4 Å². The smallest absolute Gasteiger partial charge is 0.341 e. The Hall–Kier alpha value is -2.60. The van der Waals surface area contributed by atoms with Crippen molar-refractivity contribution in [3.8, 4) is 5.75 Å². The Labute approximate surface area is 134 Å². The van der Waals surface area contributed by atoms with Crippen LogP contribution in [0, 0.1) is 0 Å². The van der Waals surface area contributed by atoms with Crippen LogP contribution in [0.15, 0.2) is 47.9 Å². The molecule has 1 N–H and O–H groups in total. The zero-order valence-corrected chi connectivity index (χ0v) is 13.1. The molecule has 0 saturated heterocycles. The first-order chi connectivity index (χ1) is 11.1. The van der Waals surface area contributed by atoms with E-state index in [0.717, 1.165) is 11.4 Å². The van der Waals surface area contributed by atoms with Gasteiger partial charge in [0.1, 0.15) is 12.2 Å². The number of Topliss-reactive ketones (excluding diaryl/α,β-unsaturated/α-hetero) is 1. The zero-order chi connectivity index (χ0) is 16.8. The third-order valence-corrected chi connectivity index (χ3v) is 3.27. The lowest BCUT2D eigenvalue weighted by Crippen LogP contribution is -2.19. The number of carbonyl (C=O) groups is 2. The number of benzene rings is 1. The molecule has 0 aromatic heterocycles. The first-order valence-corrected chi connectivity index (χ1v) is 7.33. The number of aliphatic hydroxyl groups is 1. The monoisotopic (exact) mass is 317 g/mol. The van der Waals surface area contributed by atoms with E-state index in [0.29, 0.717) is 12.4 Å². The third kappa shape index (κ3) is 3.78. The molecule has 0 aliphatic carbocycles. The van der Waals surface area contributed by atoms with Gasteiger partial charge in [0, 0.05) is 6.54 Å². The van der Waals surface area contributed by atoms with Gasteiger partial charge in [-0.05, 0) is 38.1 Å². The molecule has 23 heavy (non-hydrogen) atoms. The average Bonchev–Trinajstić information content (AvgIpc) is 2.90. The Morgan fingerprint density at radius 3 is 2.74 bits per heavy atom. The summed E-state index contributed by atoms with van der Waals surface area (Å²) in [7, 11) is 0. The Morgan fingerprint density at radius 2 is 2.09 bits per heavy atom. The average molecular weight is 317 g/mol. The van der Waals surface area contributed by atoms with Crippen LogP contribution in [0.1, 0.15) is 13.8 Å². The zero-order valence-electron chi connectivity index (χ0n) is 13.1. The van der Waals surface area contributed by atoms with E-state index in [-0.39, 0.29) is 18.8 Å². The van der Waals surface area contributed by atoms with Crippen molar-refractivity contribution in [3.63, 3.8) is 0 Å². The van der Waals surface area contributed by atoms with Gasteiger partial charge in [-0.15, -0.1) is 0 Å². The molecule has 6 nitrogen and oxygen atoms in total. The summed E-state index contributed by atoms with van der Waals surface area (Å²) in [5.74, 6) is 0.0777. The van der Waals surface area contributed by atoms with E-state index in [4.69, 9.17) is 14.6 Å². The minimum atomic E-state index is -0.762. The van der Waals surface area contributed by atoms with Crippen LogP contribution in [-0.2, 0) is 14.3 Å². The molecule has 6 heteroatoms.